The van der Waals surface area contributed by atoms with E-state index in [1.165, 1.54) is 7.11 Å². The Hall–Kier alpha value is -2.08. The van der Waals surface area contributed by atoms with Crippen LogP contribution in [-0.4, -0.2) is 24.5 Å². The molecule has 5 N–H and O–H groups in total. The van der Waals surface area contributed by atoms with Gasteiger partial charge >= 0.3 is 0 Å². The highest BCUT2D eigenvalue weighted by atomic mass is 16.6. The molecular weight excluding hydrogens is 314 g/mol. The summed E-state index contributed by atoms with van der Waals surface area (Å²) in [5, 5.41) is 16.7. The molecule has 1 heterocycles. The number of allylic oxidation sites excluding steroid dienone is 1. The number of methoxy groups -OCH3 is 1. The number of ether oxygens (including phenoxy) is 1. The van der Waals surface area contributed by atoms with Crippen molar-refractivity contribution in [1.29, 1.82) is 0 Å². The zero-order valence-corrected chi connectivity index (χ0v) is 14.7. The van der Waals surface area contributed by atoms with Crippen LogP contribution in [0, 0.1) is 0 Å². The topological polar surface area (TPSA) is 79.5 Å². The van der Waals surface area contributed by atoms with E-state index in [1.54, 1.807) is 0 Å². The zero-order chi connectivity index (χ0) is 17.6. The largest absolute Gasteiger partial charge is 0.368 e. The average molecular weight is 341 g/mol. The van der Waals surface area contributed by atoms with E-state index in [0.29, 0.717) is 6.42 Å². The summed E-state index contributed by atoms with van der Waals surface area (Å²) in [6.07, 6.45) is 7.83. The van der Waals surface area contributed by atoms with Gasteiger partial charge in [0.25, 0.3) is 0 Å². The maximum absolute atomic E-state index is 9.52. The molecule has 2 atom stereocenters. The molecule has 5 nitrogen and oxygen atoms in total. The first kappa shape index (κ1) is 17.7. The number of hydrogen-bond acceptors (Lipinski definition) is 5. The Morgan fingerprint density at radius 1 is 1.20 bits per heavy atom. The summed E-state index contributed by atoms with van der Waals surface area (Å²) in [6.45, 7) is 0. The fourth-order valence-electron chi connectivity index (χ4n) is 3.18. The van der Waals surface area contributed by atoms with Gasteiger partial charge in [0.1, 0.15) is 0 Å². The van der Waals surface area contributed by atoms with Crippen molar-refractivity contribution in [2.24, 2.45) is 5.73 Å². The van der Waals surface area contributed by atoms with Crippen LogP contribution in [0.4, 0.5) is 0 Å². The highest BCUT2D eigenvalue weighted by Crippen LogP contribution is 2.29. The minimum absolute atomic E-state index is 0.0597. The van der Waals surface area contributed by atoms with Gasteiger partial charge in [-0.3, -0.25) is 0 Å². The Kier molecular flexibility index (Phi) is 5.91. The van der Waals surface area contributed by atoms with Crippen molar-refractivity contribution in [2.75, 3.05) is 7.11 Å². The summed E-state index contributed by atoms with van der Waals surface area (Å²) in [5.41, 5.74) is 11.7. The first-order valence-corrected chi connectivity index (χ1v) is 8.89. The van der Waals surface area contributed by atoms with Crippen LogP contribution in [0.1, 0.15) is 37.7 Å². The SMILES string of the molecule is COC(O)CCCCC1=C(c2ccccc2)NC2=CCC(N)C=C2N1. The molecule has 0 spiro atoms. The third-order valence-corrected chi connectivity index (χ3v) is 4.57. The van der Waals surface area contributed by atoms with Gasteiger partial charge in [-0.15, -0.1) is 0 Å². The van der Waals surface area contributed by atoms with E-state index in [9.17, 15) is 5.11 Å². The van der Waals surface area contributed by atoms with Crippen molar-refractivity contribution in [3.63, 3.8) is 0 Å². The Morgan fingerprint density at radius 2 is 2.00 bits per heavy atom. The van der Waals surface area contributed by atoms with Crippen LogP contribution in [0.3, 0.4) is 0 Å². The molecule has 1 aliphatic carbocycles. The molecule has 1 aliphatic heterocycles. The number of unbranched alkanes of at least 4 members (excludes halogenated alkanes) is 1. The number of aliphatic hydroxyl groups excluding tert-OH is 1. The minimum atomic E-state index is -0.673. The van der Waals surface area contributed by atoms with E-state index < -0.39 is 6.29 Å². The van der Waals surface area contributed by atoms with E-state index in [0.717, 1.165) is 54.0 Å². The van der Waals surface area contributed by atoms with Crippen LogP contribution in [0.25, 0.3) is 5.70 Å². The maximum atomic E-state index is 9.52. The fourth-order valence-corrected chi connectivity index (χ4v) is 3.18. The Morgan fingerprint density at radius 3 is 2.76 bits per heavy atom. The lowest BCUT2D eigenvalue weighted by molar-refractivity contribution is -0.0792. The van der Waals surface area contributed by atoms with Gasteiger partial charge in [-0.1, -0.05) is 36.4 Å². The molecule has 1 aromatic carbocycles. The van der Waals surface area contributed by atoms with Gasteiger partial charge in [-0.2, -0.15) is 0 Å². The number of rotatable bonds is 7. The van der Waals surface area contributed by atoms with Crippen LogP contribution in [0.2, 0.25) is 0 Å². The summed E-state index contributed by atoms with van der Waals surface area (Å²) in [5.74, 6) is 0. The molecule has 1 aromatic rings. The maximum Gasteiger partial charge on any atom is 0.154 e. The fraction of sp³-hybridized carbons (Fsp3) is 0.400. The van der Waals surface area contributed by atoms with Crippen molar-refractivity contribution in [2.45, 2.75) is 44.4 Å². The normalized spacial score (nSPS) is 20.8. The molecule has 0 fully saturated rings. The molecule has 0 saturated heterocycles. The van der Waals surface area contributed by atoms with Crippen molar-refractivity contribution < 1.29 is 9.84 Å². The van der Waals surface area contributed by atoms with Crippen molar-refractivity contribution in [3.8, 4) is 0 Å². The number of hydrogen-bond donors (Lipinski definition) is 4. The Bertz CT molecular complexity index is 679. The van der Waals surface area contributed by atoms with Gasteiger partial charge in [-0.05, 0) is 43.7 Å². The second-order valence-corrected chi connectivity index (χ2v) is 6.50. The molecule has 2 unspecified atom stereocenters. The van der Waals surface area contributed by atoms with E-state index in [-0.39, 0.29) is 6.04 Å². The number of nitrogens with one attached hydrogen (secondary N) is 2. The molecular formula is C20H27N3O2. The number of benzene rings is 1. The van der Waals surface area contributed by atoms with Crippen LogP contribution in [-0.2, 0) is 4.74 Å². The second kappa shape index (κ2) is 8.34. The number of fused-ring (bicyclic) bond motifs is 1. The third kappa shape index (κ3) is 4.51. The van der Waals surface area contributed by atoms with Gasteiger partial charge in [0.15, 0.2) is 6.29 Å². The van der Waals surface area contributed by atoms with Gasteiger partial charge in [0, 0.05) is 18.8 Å². The van der Waals surface area contributed by atoms with E-state index in [2.05, 4.69) is 34.9 Å². The highest BCUT2D eigenvalue weighted by molar-refractivity contribution is 5.72. The summed E-state index contributed by atoms with van der Waals surface area (Å²) >= 11 is 0. The lowest BCUT2D eigenvalue weighted by atomic mass is 9.98. The smallest absolute Gasteiger partial charge is 0.154 e. The van der Waals surface area contributed by atoms with Crippen molar-refractivity contribution in [3.05, 3.63) is 65.1 Å². The first-order chi connectivity index (χ1) is 12.2. The van der Waals surface area contributed by atoms with Crippen LogP contribution in [0.5, 0.6) is 0 Å². The third-order valence-electron chi connectivity index (χ3n) is 4.57. The molecule has 5 heteroatoms. The predicted molar refractivity (Wildman–Crippen MR) is 99.9 cm³/mol. The van der Waals surface area contributed by atoms with Gasteiger partial charge in [-0.25, -0.2) is 0 Å². The Labute approximate surface area is 149 Å². The molecule has 3 rings (SSSR count). The molecule has 0 aromatic heterocycles. The molecule has 0 radical (unpaired) electrons. The summed E-state index contributed by atoms with van der Waals surface area (Å²) in [6, 6.07) is 10.4. The molecule has 0 amide bonds. The molecule has 0 bridgehead atoms. The lowest BCUT2D eigenvalue weighted by Gasteiger charge is -2.31. The van der Waals surface area contributed by atoms with Gasteiger partial charge in [0.2, 0.25) is 0 Å². The van der Waals surface area contributed by atoms with Gasteiger partial charge < -0.3 is 26.2 Å². The van der Waals surface area contributed by atoms with E-state index in [4.69, 9.17) is 10.5 Å². The zero-order valence-electron chi connectivity index (χ0n) is 14.7. The lowest BCUT2D eigenvalue weighted by Crippen LogP contribution is -2.35. The second-order valence-electron chi connectivity index (χ2n) is 6.50. The summed E-state index contributed by atoms with van der Waals surface area (Å²) < 4.78 is 4.90. The predicted octanol–water partition coefficient (Wildman–Crippen LogP) is 2.57. The highest BCUT2D eigenvalue weighted by Gasteiger charge is 2.23. The van der Waals surface area contributed by atoms with Crippen LogP contribution < -0.4 is 16.4 Å². The average Bonchev–Trinajstić information content (AvgIpc) is 2.65. The van der Waals surface area contributed by atoms with Crippen LogP contribution in [0.15, 0.2) is 59.6 Å². The van der Waals surface area contributed by atoms with E-state index >= 15 is 0 Å². The monoisotopic (exact) mass is 341 g/mol. The van der Waals surface area contributed by atoms with Crippen molar-refractivity contribution in [1.82, 2.24) is 10.6 Å². The molecule has 25 heavy (non-hydrogen) atoms. The molecule has 2 aliphatic rings. The minimum Gasteiger partial charge on any atom is -0.368 e. The molecule has 134 valence electrons. The van der Waals surface area contributed by atoms with E-state index in [1.807, 2.05) is 18.2 Å². The quantitative estimate of drug-likeness (QED) is 0.453. The summed E-state index contributed by atoms with van der Waals surface area (Å²) in [7, 11) is 1.53. The number of aliphatic hydroxyl groups is 1. The standard InChI is InChI=1S/C20H27N3O2/c1-25-19(24)10-6-5-9-17-20(14-7-3-2-4-8-14)23-16-12-11-15(21)13-18(16)22-17/h2-4,7-8,12-13,15,19,22-24H,5-6,9-11,21H2,1H3. The molecule has 0 saturated carbocycles. The Balaban J connectivity index is 1.78. The summed E-state index contributed by atoms with van der Waals surface area (Å²) in [4.78, 5) is 0. The number of nitrogens with two attached hydrogens (primary N) is 1. The van der Waals surface area contributed by atoms with Crippen LogP contribution >= 0.6 is 0 Å². The van der Waals surface area contributed by atoms with Gasteiger partial charge in [0.05, 0.1) is 17.1 Å². The van der Waals surface area contributed by atoms with Crippen molar-refractivity contribution >= 4 is 5.70 Å². The first-order valence-electron chi connectivity index (χ1n) is 8.89.